The van der Waals surface area contributed by atoms with Crippen LogP contribution in [-0.2, 0) is 4.74 Å². The molecule has 1 aliphatic heterocycles. The van der Waals surface area contributed by atoms with Crippen molar-refractivity contribution in [3.8, 4) is 17.2 Å². The van der Waals surface area contributed by atoms with Crippen molar-refractivity contribution < 1.29 is 39.9 Å². The van der Waals surface area contributed by atoms with Gasteiger partial charge in [0.1, 0.15) is 23.4 Å². The van der Waals surface area contributed by atoms with Crippen LogP contribution in [0, 0.1) is 6.92 Å². The first kappa shape index (κ1) is 21.4. The molecular weight excluding hydrogens is 428 g/mol. The quantitative estimate of drug-likeness (QED) is 0.298. The van der Waals surface area contributed by atoms with Crippen LogP contribution in [0.5, 0.6) is 17.2 Å². The number of hydrogen-bond acceptors (Lipinski definition) is 8. The fourth-order valence-corrected chi connectivity index (χ4v) is 4.84. The van der Waals surface area contributed by atoms with Crippen molar-refractivity contribution in [3.05, 3.63) is 63.7 Å². The van der Waals surface area contributed by atoms with Crippen LogP contribution in [0.2, 0.25) is 0 Å². The second-order valence-electron chi connectivity index (χ2n) is 8.73. The maximum Gasteiger partial charge on any atom is 0.198 e. The lowest BCUT2D eigenvalue weighted by Gasteiger charge is -2.36. The molecule has 0 amide bonds. The van der Waals surface area contributed by atoms with Crippen LogP contribution < -0.4 is 0 Å². The Morgan fingerprint density at radius 3 is 2.24 bits per heavy atom. The van der Waals surface area contributed by atoms with Gasteiger partial charge in [-0.25, -0.2) is 0 Å². The molecule has 8 nitrogen and oxygen atoms in total. The van der Waals surface area contributed by atoms with E-state index >= 15 is 0 Å². The van der Waals surface area contributed by atoms with Gasteiger partial charge in [-0.3, -0.25) is 9.59 Å². The van der Waals surface area contributed by atoms with Gasteiger partial charge >= 0.3 is 0 Å². The molecule has 1 aliphatic carbocycles. The van der Waals surface area contributed by atoms with Gasteiger partial charge in [-0.2, -0.15) is 0 Å². The number of carbonyl (C=O) groups is 2. The SMILES string of the molecule is Cc1cc(O)c2cc3c(c(O)c2c1)C(=O)c1ccc(C2CC(O)C(O)C(C)O2)c(O)c1C3=O. The van der Waals surface area contributed by atoms with Gasteiger partial charge in [0.2, 0.25) is 0 Å². The third kappa shape index (κ3) is 3.02. The average Bonchev–Trinajstić information content (AvgIpc) is 2.75. The number of phenolic OH excluding ortho intramolecular Hbond substituents is 3. The summed E-state index contributed by atoms with van der Waals surface area (Å²) >= 11 is 0. The standard InChI is InChI=1S/C25H22O8/c1-9-5-14-13(16(26)6-9)7-15-20(24(14)31)23(30)12-4-3-11(22(29)19(12)25(15)32)18-8-17(27)21(28)10(2)33-18/h3-7,10,17-18,21,26-29,31H,8H2,1-2H3. The van der Waals surface area contributed by atoms with Crippen LogP contribution >= 0.6 is 0 Å². The molecule has 0 saturated carbocycles. The Morgan fingerprint density at radius 1 is 0.879 bits per heavy atom. The summed E-state index contributed by atoms with van der Waals surface area (Å²) in [6, 6.07) is 7.26. The first-order chi connectivity index (χ1) is 15.6. The Balaban J connectivity index is 1.68. The van der Waals surface area contributed by atoms with E-state index < -0.39 is 47.5 Å². The third-order valence-electron chi connectivity index (χ3n) is 6.56. The third-order valence-corrected chi connectivity index (χ3v) is 6.56. The van der Waals surface area contributed by atoms with Crippen LogP contribution in [0.3, 0.4) is 0 Å². The predicted octanol–water partition coefficient (Wildman–Crippen LogP) is 2.61. The Labute approximate surface area is 188 Å². The van der Waals surface area contributed by atoms with Crippen molar-refractivity contribution in [1.29, 1.82) is 0 Å². The summed E-state index contributed by atoms with van der Waals surface area (Å²) in [7, 11) is 0. The number of aliphatic hydroxyl groups is 2. The Kier molecular flexibility index (Phi) is 4.72. The zero-order chi connectivity index (χ0) is 23.8. The smallest absolute Gasteiger partial charge is 0.198 e. The van der Waals surface area contributed by atoms with Crippen molar-refractivity contribution >= 4 is 22.3 Å². The molecule has 1 heterocycles. The van der Waals surface area contributed by atoms with Crippen molar-refractivity contribution in [2.45, 2.75) is 44.7 Å². The van der Waals surface area contributed by atoms with Crippen molar-refractivity contribution in [3.63, 3.8) is 0 Å². The topological polar surface area (TPSA) is 145 Å². The number of hydrogen-bond donors (Lipinski definition) is 5. The number of fused-ring (bicyclic) bond motifs is 3. The summed E-state index contributed by atoms with van der Waals surface area (Å²) < 4.78 is 5.72. The van der Waals surface area contributed by atoms with E-state index in [-0.39, 0.29) is 50.8 Å². The second-order valence-corrected chi connectivity index (χ2v) is 8.73. The summed E-state index contributed by atoms with van der Waals surface area (Å²) in [5, 5.41) is 52.7. The van der Waals surface area contributed by atoms with Crippen LogP contribution in [-0.4, -0.2) is 55.4 Å². The Bertz CT molecular complexity index is 1350. The molecule has 1 fully saturated rings. The fourth-order valence-electron chi connectivity index (χ4n) is 4.84. The molecule has 0 bridgehead atoms. The van der Waals surface area contributed by atoms with E-state index in [4.69, 9.17) is 4.74 Å². The van der Waals surface area contributed by atoms with Gasteiger partial charge in [0.05, 0.1) is 29.4 Å². The minimum absolute atomic E-state index is 0.00474. The number of phenols is 3. The van der Waals surface area contributed by atoms with Gasteiger partial charge in [0.15, 0.2) is 11.6 Å². The summed E-state index contributed by atoms with van der Waals surface area (Å²) in [6.07, 6.45) is -3.67. The monoisotopic (exact) mass is 450 g/mol. The maximum absolute atomic E-state index is 13.4. The minimum Gasteiger partial charge on any atom is -0.507 e. The van der Waals surface area contributed by atoms with Crippen molar-refractivity contribution in [2.24, 2.45) is 0 Å². The van der Waals surface area contributed by atoms with Gasteiger partial charge < -0.3 is 30.3 Å². The van der Waals surface area contributed by atoms with Crippen LogP contribution in [0.4, 0.5) is 0 Å². The van der Waals surface area contributed by atoms with Crippen LogP contribution in [0.25, 0.3) is 10.8 Å². The number of aliphatic hydroxyl groups excluding tert-OH is 2. The average molecular weight is 450 g/mol. The molecule has 5 N–H and O–H groups in total. The molecule has 33 heavy (non-hydrogen) atoms. The lowest BCUT2D eigenvalue weighted by molar-refractivity contribution is -0.163. The first-order valence-electron chi connectivity index (χ1n) is 10.6. The Morgan fingerprint density at radius 2 is 1.55 bits per heavy atom. The number of aromatic hydroxyl groups is 3. The van der Waals surface area contributed by atoms with Crippen LogP contribution in [0.15, 0.2) is 30.3 Å². The second kappa shape index (κ2) is 7.28. The van der Waals surface area contributed by atoms with E-state index in [1.807, 2.05) is 0 Å². The zero-order valence-electron chi connectivity index (χ0n) is 17.9. The molecular formula is C25H22O8. The van der Waals surface area contributed by atoms with Gasteiger partial charge in [-0.15, -0.1) is 0 Å². The van der Waals surface area contributed by atoms with E-state index in [0.29, 0.717) is 5.56 Å². The number of carbonyl (C=O) groups excluding carboxylic acids is 2. The fraction of sp³-hybridized carbons (Fsp3) is 0.280. The number of benzene rings is 3. The lowest BCUT2D eigenvalue weighted by Crippen LogP contribution is -2.44. The van der Waals surface area contributed by atoms with Crippen molar-refractivity contribution in [2.75, 3.05) is 0 Å². The largest absolute Gasteiger partial charge is 0.507 e. The molecule has 0 aromatic heterocycles. The molecule has 1 saturated heterocycles. The number of rotatable bonds is 1. The van der Waals surface area contributed by atoms with E-state index in [1.165, 1.54) is 24.3 Å². The number of ketones is 2. The molecule has 2 aliphatic rings. The van der Waals surface area contributed by atoms with E-state index in [9.17, 15) is 35.1 Å². The predicted molar refractivity (Wildman–Crippen MR) is 117 cm³/mol. The normalized spacial score (nSPS) is 24.6. The summed E-state index contributed by atoms with van der Waals surface area (Å²) in [6.45, 7) is 3.31. The van der Waals surface area contributed by atoms with E-state index in [1.54, 1.807) is 19.9 Å². The van der Waals surface area contributed by atoms with Gasteiger partial charge in [0.25, 0.3) is 0 Å². The molecule has 8 heteroatoms. The van der Waals surface area contributed by atoms with Crippen LogP contribution in [0.1, 0.15) is 62.4 Å². The summed E-state index contributed by atoms with van der Waals surface area (Å²) in [5.41, 5.74) is 0.272. The number of aryl methyl sites for hydroxylation is 1. The first-order valence-corrected chi connectivity index (χ1v) is 10.6. The molecule has 3 aromatic rings. The highest BCUT2D eigenvalue weighted by molar-refractivity contribution is 6.32. The molecule has 0 spiro atoms. The summed E-state index contributed by atoms with van der Waals surface area (Å²) in [4.78, 5) is 26.7. The molecule has 4 unspecified atom stereocenters. The highest BCUT2D eigenvalue weighted by Crippen LogP contribution is 2.45. The van der Waals surface area contributed by atoms with Gasteiger partial charge in [0, 0.05) is 33.9 Å². The summed E-state index contributed by atoms with van der Waals surface area (Å²) in [5.74, 6) is -2.32. The maximum atomic E-state index is 13.4. The minimum atomic E-state index is -1.08. The highest BCUT2D eigenvalue weighted by atomic mass is 16.5. The highest BCUT2D eigenvalue weighted by Gasteiger charge is 2.40. The number of ether oxygens (including phenoxy) is 1. The molecule has 3 aromatic carbocycles. The zero-order valence-corrected chi connectivity index (χ0v) is 17.9. The Hall–Kier alpha value is -3.46. The molecule has 0 radical (unpaired) electrons. The lowest BCUT2D eigenvalue weighted by atomic mass is 9.79. The van der Waals surface area contributed by atoms with Gasteiger partial charge in [-0.05, 0) is 43.7 Å². The van der Waals surface area contributed by atoms with E-state index in [0.717, 1.165) is 0 Å². The molecule has 170 valence electrons. The molecule has 5 rings (SSSR count). The van der Waals surface area contributed by atoms with E-state index in [2.05, 4.69) is 0 Å². The molecule has 4 atom stereocenters. The van der Waals surface area contributed by atoms with Gasteiger partial charge in [-0.1, -0.05) is 6.07 Å². The van der Waals surface area contributed by atoms with Crippen molar-refractivity contribution in [1.82, 2.24) is 0 Å².